The zero-order valence-electron chi connectivity index (χ0n) is 13.1. The number of hydrogen-bond acceptors (Lipinski definition) is 5. The lowest BCUT2D eigenvalue weighted by Gasteiger charge is -2.12. The standard InChI is InChI=1S/C16H12Cl3NO5/c1-8(2)24-16(21)11-7-10(3-4-14(11)20(22)23)25-15-12(18)5-9(17)6-13(15)19/h3-8H,1-2H3. The van der Waals surface area contributed by atoms with Gasteiger partial charge in [-0.25, -0.2) is 4.79 Å². The molecule has 0 fully saturated rings. The van der Waals surface area contributed by atoms with Gasteiger partial charge in [-0.1, -0.05) is 34.8 Å². The first-order valence-electron chi connectivity index (χ1n) is 7.01. The lowest BCUT2D eigenvalue weighted by molar-refractivity contribution is -0.385. The van der Waals surface area contributed by atoms with Crippen LogP contribution in [0, 0.1) is 10.1 Å². The van der Waals surface area contributed by atoms with Crippen LogP contribution in [0.15, 0.2) is 30.3 Å². The van der Waals surface area contributed by atoms with Crippen LogP contribution in [0.1, 0.15) is 24.2 Å². The number of ether oxygens (including phenoxy) is 2. The van der Waals surface area contributed by atoms with Crippen LogP contribution in [-0.4, -0.2) is 17.0 Å². The second kappa shape index (κ2) is 7.91. The van der Waals surface area contributed by atoms with Crippen molar-refractivity contribution in [2.45, 2.75) is 20.0 Å². The maximum atomic E-state index is 12.1. The molecule has 0 bridgehead atoms. The Labute approximate surface area is 158 Å². The van der Waals surface area contributed by atoms with E-state index in [1.165, 1.54) is 24.3 Å². The fourth-order valence-corrected chi connectivity index (χ4v) is 2.82. The van der Waals surface area contributed by atoms with Gasteiger partial charge in [-0.3, -0.25) is 10.1 Å². The topological polar surface area (TPSA) is 78.7 Å². The van der Waals surface area contributed by atoms with E-state index in [0.717, 1.165) is 6.07 Å². The third kappa shape index (κ3) is 4.75. The highest BCUT2D eigenvalue weighted by molar-refractivity contribution is 6.40. The van der Waals surface area contributed by atoms with Gasteiger partial charge in [0, 0.05) is 17.2 Å². The maximum Gasteiger partial charge on any atom is 0.345 e. The van der Waals surface area contributed by atoms with Crippen LogP contribution in [0.5, 0.6) is 11.5 Å². The minimum Gasteiger partial charge on any atom is -0.459 e. The maximum absolute atomic E-state index is 12.1. The third-order valence-electron chi connectivity index (χ3n) is 2.91. The van der Waals surface area contributed by atoms with Crippen molar-refractivity contribution < 1.29 is 19.2 Å². The van der Waals surface area contributed by atoms with Crippen LogP contribution in [0.3, 0.4) is 0 Å². The largest absolute Gasteiger partial charge is 0.459 e. The number of halogens is 3. The molecule has 132 valence electrons. The number of nitro benzene ring substituents is 1. The van der Waals surface area contributed by atoms with E-state index in [9.17, 15) is 14.9 Å². The summed E-state index contributed by atoms with van der Waals surface area (Å²) < 4.78 is 10.6. The first-order valence-corrected chi connectivity index (χ1v) is 8.14. The van der Waals surface area contributed by atoms with Crippen molar-refractivity contribution >= 4 is 46.5 Å². The predicted molar refractivity (Wildman–Crippen MR) is 95.2 cm³/mol. The van der Waals surface area contributed by atoms with Crippen LogP contribution in [0.2, 0.25) is 15.1 Å². The number of esters is 1. The van der Waals surface area contributed by atoms with Gasteiger partial charge in [-0.2, -0.15) is 0 Å². The fraction of sp³-hybridized carbons (Fsp3) is 0.188. The molecule has 2 rings (SSSR count). The van der Waals surface area contributed by atoms with E-state index in [0.29, 0.717) is 5.02 Å². The van der Waals surface area contributed by atoms with E-state index in [2.05, 4.69) is 0 Å². The molecule has 9 heteroatoms. The van der Waals surface area contributed by atoms with Crippen molar-refractivity contribution in [1.82, 2.24) is 0 Å². The first-order chi connectivity index (χ1) is 11.7. The third-order valence-corrected chi connectivity index (χ3v) is 3.69. The number of carbonyl (C=O) groups excluding carboxylic acids is 1. The normalized spacial score (nSPS) is 10.6. The van der Waals surface area contributed by atoms with Gasteiger partial charge in [-0.15, -0.1) is 0 Å². The molecule has 2 aromatic carbocycles. The number of nitrogens with zero attached hydrogens (tertiary/aromatic N) is 1. The zero-order valence-corrected chi connectivity index (χ0v) is 15.4. The average molecular weight is 405 g/mol. The van der Waals surface area contributed by atoms with E-state index in [1.54, 1.807) is 13.8 Å². The Hall–Kier alpha value is -2.02. The van der Waals surface area contributed by atoms with Gasteiger partial charge in [0.1, 0.15) is 11.3 Å². The second-order valence-electron chi connectivity index (χ2n) is 5.19. The Morgan fingerprint density at radius 2 is 1.72 bits per heavy atom. The van der Waals surface area contributed by atoms with E-state index < -0.39 is 22.7 Å². The Bertz CT molecular complexity index is 816. The minimum absolute atomic E-state index is 0.116. The molecule has 0 aliphatic carbocycles. The molecule has 0 amide bonds. The lowest BCUT2D eigenvalue weighted by atomic mass is 10.1. The molecule has 0 N–H and O–H groups in total. The number of benzene rings is 2. The van der Waals surface area contributed by atoms with E-state index in [1.807, 2.05) is 0 Å². The van der Waals surface area contributed by atoms with Gasteiger partial charge in [-0.05, 0) is 32.0 Å². The number of carbonyl (C=O) groups is 1. The quantitative estimate of drug-likeness (QED) is 0.351. The summed E-state index contributed by atoms with van der Waals surface area (Å²) in [4.78, 5) is 22.6. The summed E-state index contributed by atoms with van der Waals surface area (Å²) >= 11 is 17.9. The molecule has 0 saturated carbocycles. The molecule has 2 aromatic rings. The summed E-state index contributed by atoms with van der Waals surface area (Å²) in [7, 11) is 0. The smallest absolute Gasteiger partial charge is 0.345 e. The van der Waals surface area contributed by atoms with Crippen molar-refractivity contribution in [3.63, 3.8) is 0 Å². The van der Waals surface area contributed by atoms with Crippen molar-refractivity contribution in [2.75, 3.05) is 0 Å². The molecule has 0 heterocycles. The summed E-state index contributed by atoms with van der Waals surface area (Å²) in [5.41, 5.74) is -0.635. The molecule has 25 heavy (non-hydrogen) atoms. The highest BCUT2D eigenvalue weighted by Gasteiger charge is 2.24. The molecule has 0 aliphatic heterocycles. The van der Waals surface area contributed by atoms with Gasteiger partial charge in [0.15, 0.2) is 5.75 Å². The predicted octanol–water partition coefficient (Wildman–Crippen LogP) is 5.91. The van der Waals surface area contributed by atoms with Crippen LogP contribution in [0.4, 0.5) is 5.69 Å². The highest BCUT2D eigenvalue weighted by atomic mass is 35.5. The summed E-state index contributed by atoms with van der Waals surface area (Å²) in [5.74, 6) is -0.586. The summed E-state index contributed by atoms with van der Waals surface area (Å²) in [5, 5.41) is 11.8. The lowest BCUT2D eigenvalue weighted by Crippen LogP contribution is -2.13. The van der Waals surface area contributed by atoms with Gasteiger partial charge in [0.25, 0.3) is 5.69 Å². The Kier molecular flexibility index (Phi) is 6.11. The second-order valence-corrected chi connectivity index (χ2v) is 6.44. The Balaban J connectivity index is 2.44. The average Bonchev–Trinajstić information content (AvgIpc) is 2.49. The van der Waals surface area contributed by atoms with E-state index in [4.69, 9.17) is 44.3 Å². The molecule has 0 unspecified atom stereocenters. The van der Waals surface area contributed by atoms with Crippen LogP contribution >= 0.6 is 34.8 Å². The molecule has 0 atom stereocenters. The van der Waals surface area contributed by atoms with Crippen molar-refractivity contribution in [2.24, 2.45) is 0 Å². The van der Waals surface area contributed by atoms with Gasteiger partial charge in [0.2, 0.25) is 0 Å². The molecule has 0 saturated heterocycles. The number of rotatable bonds is 5. The van der Waals surface area contributed by atoms with E-state index in [-0.39, 0.29) is 27.1 Å². The zero-order chi connectivity index (χ0) is 18.7. The SMILES string of the molecule is CC(C)OC(=O)c1cc(Oc2c(Cl)cc(Cl)cc2Cl)ccc1[N+](=O)[O-]. The monoisotopic (exact) mass is 403 g/mol. The molecule has 0 aliphatic rings. The Morgan fingerprint density at radius 1 is 1.12 bits per heavy atom. The van der Waals surface area contributed by atoms with E-state index >= 15 is 0 Å². The number of hydrogen-bond donors (Lipinski definition) is 0. The van der Waals surface area contributed by atoms with Crippen molar-refractivity contribution in [1.29, 1.82) is 0 Å². The molecular formula is C16H12Cl3NO5. The van der Waals surface area contributed by atoms with Gasteiger partial charge < -0.3 is 9.47 Å². The van der Waals surface area contributed by atoms with Gasteiger partial charge >= 0.3 is 5.97 Å². The molecule has 0 aromatic heterocycles. The van der Waals surface area contributed by atoms with Crippen molar-refractivity contribution in [3.8, 4) is 11.5 Å². The molecular weight excluding hydrogens is 393 g/mol. The van der Waals surface area contributed by atoms with Crippen molar-refractivity contribution in [3.05, 3.63) is 61.1 Å². The summed E-state index contributed by atoms with van der Waals surface area (Å²) in [6, 6.07) is 6.53. The van der Waals surface area contributed by atoms with Crippen LogP contribution in [0.25, 0.3) is 0 Å². The first kappa shape index (κ1) is 19.3. The molecule has 6 nitrogen and oxygen atoms in total. The fourth-order valence-electron chi connectivity index (χ4n) is 1.92. The minimum atomic E-state index is -0.833. The van der Waals surface area contributed by atoms with Gasteiger partial charge in [0.05, 0.1) is 21.1 Å². The Morgan fingerprint density at radius 3 is 2.24 bits per heavy atom. The molecule has 0 radical (unpaired) electrons. The van der Waals surface area contributed by atoms with Crippen LogP contribution in [-0.2, 0) is 4.74 Å². The summed E-state index contributed by atoms with van der Waals surface area (Å²) in [6.07, 6.45) is -0.433. The summed E-state index contributed by atoms with van der Waals surface area (Å²) in [6.45, 7) is 3.27. The number of nitro groups is 1. The highest BCUT2D eigenvalue weighted by Crippen LogP contribution is 2.39. The van der Waals surface area contributed by atoms with Crippen LogP contribution < -0.4 is 4.74 Å². The molecule has 0 spiro atoms.